The molecule has 0 aliphatic rings. The molecule has 0 spiro atoms. The zero-order valence-corrected chi connectivity index (χ0v) is 21.7. The lowest BCUT2D eigenvalue weighted by atomic mass is 10.2. The molecule has 7 nitrogen and oxygen atoms in total. The maximum absolute atomic E-state index is 13.1. The van der Waals surface area contributed by atoms with E-state index in [1.807, 2.05) is 60.0 Å². The van der Waals surface area contributed by atoms with Gasteiger partial charge in [-0.15, -0.1) is 22.0 Å². The third-order valence-corrected chi connectivity index (χ3v) is 7.52. The van der Waals surface area contributed by atoms with E-state index < -0.39 is 0 Å². The Labute approximate surface area is 219 Å². The number of para-hydroxylation sites is 1. The summed E-state index contributed by atoms with van der Waals surface area (Å²) in [4.78, 5) is 25.5. The van der Waals surface area contributed by atoms with Crippen LogP contribution in [0.5, 0.6) is 0 Å². The average molecular weight is 518 g/mol. The van der Waals surface area contributed by atoms with Crippen LogP contribution in [0.1, 0.15) is 26.1 Å². The van der Waals surface area contributed by atoms with Gasteiger partial charge >= 0.3 is 0 Å². The number of benzene rings is 3. The van der Waals surface area contributed by atoms with E-state index in [2.05, 4.69) is 33.0 Å². The smallest absolute Gasteiger partial charge is 0.237 e. The first-order valence-electron chi connectivity index (χ1n) is 11.6. The number of rotatable bonds is 10. The van der Waals surface area contributed by atoms with Gasteiger partial charge in [-0.2, -0.15) is 0 Å². The van der Waals surface area contributed by atoms with Crippen molar-refractivity contribution in [2.75, 3.05) is 10.6 Å². The topological polar surface area (TPSA) is 88.9 Å². The Bertz CT molecular complexity index is 1300. The van der Waals surface area contributed by atoms with Crippen molar-refractivity contribution in [1.82, 2.24) is 14.8 Å². The Hall–Kier alpha value is -3.56. The molecular weight excluding hydrogens is 490 g/mol. The molecule has 4 rings (SSSR count). The first-order chi connectivity index (χ1) is 17.5. The van der Waals surface area contributed by atoms with Gasteiger partial charge < -0.3 is 10.6 Å². The zero-order chi connectivity index (χ0) is 25.3. The quantitative estimate of drug-likeness (QED) is 0.250. The molecule has 0 aliphatic heterocycles. The summed E-state index contributed by atoms with van der Waals surface area (Å²) in [6, 6.07) is 27.2. The molecule has 1 atom stereocenters. The summed E-state index contributed by atoms with van der Waals surface area (Å²) in [6.45, 7) is 3.44. The first-order valence-corrected chi connectivity index (χ1v) is 13.4. The molecule has 1 unspecified atom stereocenters. The Morgan fingerprint density at radius 1 is 0.861 bits per heavy atom. The van der Waals surface area contributed by atoms with Crippen molar-refractivity contribution in [2.45, 2.75) is 41.3 Å². The standard InChI is InChI=1S/C27H27N5O2S2/c1-3-24(26(34)29-21-16-14-20(15-17-21)28-19(2)33)36-27-31-30-25(18-35-23-12-8-5-9-13-23)32(27)22-10-6-4-7-11-22/h4-17,24H,3,18H2,1-2H3,(H,28,33)(H,29,34). The summed E-state index contributed by atoms with van der Waals surface area (Å²) in [7, 11) is 0. The fourth-order valence-corrected chi connectivity index (χ4v) is 5.31. The van der Waals surface area contributed by atoms with Crippen molar-refractivity contribution in [2.24, 2.45) is 0 Å². The summed E-state index contributed by atoms with van der Waals surface area (Å²) in [5.74, 6) is 1.22. The molecule has 0 aliphatic carbocycles. The molecule has 1 heterocycles. The molecule has 0 bridgehead atoms. The molecule has 2 amide bonds. The van der Waals surface area contributed by atoms with Gasteiger partial charge in [0, 0.05) is 28.9 Å². The van der Waals surface area contributed by atoms with Crippen molar-refractivity contribution < 1.29 is 9.59 Å². The van der Waals surface area contributed by atoms with Crippen LogP contribution in [-0.2, 0) is 15.3 Å². The number of thioether (sulfide) groups is 2. The number of hydrogen-bond acceptors (Lipinski definition) is 6. The maximum atomic E-state index is 13.1. The number of nitrogens with one attached hydrogen (secondary N) is 2. The van der Waals surface area contributed by atoms with Gasteiger partial charge in [0.05, 0.1) is 11.0 Å². The molecule has 9 heteroatoms. The van der Waals surface area contributed by atoms with Crippen molar-refractivity contribution in [3.63, 3.8) is 0 Å². The van der Waals surface area contributed by atoms with Crippen molar-refractivity contribution in [3.05, 3.63) is 90.8 Å². The van der Waals surface area contributed by atoms with Crippen LogP contribution in [0.15, 0.2) is 95.0 Å². The van der Waals surface area contributed by atoms with Gasteiger partial charge in [0.2, 0.25) is 11.8 Å². The third-order valence-electron chi connectivity index (χ3n) is 5.21. The van der Waals surface area contributed by atoms with Gasteiger partial charge in [-0.1, -0.05) is 55.1 Å². The SMILES string of the molecule is CCC(Sc1nnc(CSc2ccccc2)n1-c1ccccc1)C(=O)Nc1ccc(NC(C)=O)cc1. The molecule has 0 radical (unpaired) electrons. The summed E-state index contributed by atoms with van der Waals surface area (Å²) in [6.07, 6.45) is 0.621. The van der Waals surface area contributed by atoms with Gasteiger partial charge in [0.1, 0.15) is 5.82 Å². The van der Waals surface area contributed by atoms with Crippen LogP contribution in [0.2, 0.25) is 0 Å². The van der Waals surface area contributed by atoms with Gasteiger partial charge in [-0.3, -0.25) is 14.2 Å². The van der Waals surface area contributed by atoms with Crippen LogP contribution in [0, 0.1) is 0 Å². The van der Waals surface area contributed by atoms with Crippen LogP contribution < -0.4 is 10.6 Å². The molecule has 2 N–H and O–H groups in total. The van der Waals surface area contributed by atoms with Gasteiger partial charge in [0.25, 0.3) is 0 Å². The minimum atomic E-state index is -0.360. The van der Waals surface area contributed by atoms with Crippen molar-refractivity contribution in [1.29, 1.82) is 0 Å². The number of amides is 2. The fourth-order valence-electron chi connectivity index (χ4n) is 3.48. The van der Waals surface area contributed by atoms with E-state index in [1.165, 1.54) is 18.7 Å². The molecule has 4 aromatic rings. The fraction of sp³-hybridized carbons (Fsp3) is 0.185. The average Bonchev–Trinajstić information content (AvgIpc) is 3.30. The summed E-state index contributed by atoms with van der Waals surface area (Å²) >= 11 is 3.10. The number of carbonyl (C=O) groups excluding carboxylic acids is 2. The van der Waals surface area contributed by atoms with E-state index in [9.17, 15) is 9.59 Å². The molecule has 3 aromatic carbocycles. The first kappa shape index (κ1) is 25.5. The number of hydrogen-bond donors (Lipinski definition) is 2. The minimum Gasteiger partial charge on any atom is -0.326 e. The molecule has 36 heavy (non-hydrogen) atoms. The Morgan fingerprint density at radius 2 is 1.47 bits per heavy atom. The maximum Gasteiger partial charge on any atom is 0.237 e. The number of nitrogens with zero attached hydrogens (tertiary/aromatic N) is 3. The van der Waals surface area contributed by atoms with E-state index in [0.717, 1.165) is 16.4 Å². The number of anilines is 2. The van der Waals surface area contributed by atoms with Gasteiger partial charge in [-0.25, -0.2) is 0 Å². The second kappa shape index (κ2) is 12.4. The van der Waals surface area contributed by atoms with E-state index in [0.29, 0.717) is 28.7 Å². The summed E-state index contributed by atoms with van der Waals surface area (Å²) in [5, 5.41) is 14.9. The van der Waals surface area contributed by atoms with Gasteiger partial charge in [0.15, 0.2) is 5.16 Å². The largest absolute Gasteiger partial charge is 0.326 e. The highest BCUT2D eigenvalue weighted by molar-refractivity contribution is 8.00. The van der Waals surface area contributed by atoms with E-state index in [4.69, 9.17) is 0 Å². The lowest BCUT2D eigenvalue weighted by Crippen LogP contribution is -2.25. The van der Waals surface area contributed by atoms with Crippen LogP contribution in [-0.4, -0.2) is 31.8 Å². The monoisotopic (exact) mass is 517 g/mol. The van der Waals surface area contributed by atoms with Crippen molar-refractivity contribution in [3.8, 4) is 5.69 Å². The Balaban J connectivity index is 1.51. The minimum absolute atomic E-state index is 0.113. The van der Waals surface area contributed by atoms with E-state index in [1.54, 1.807) is 36.0 Å². The predicted octanol–water partition coefficient (Wildman–Crippen LogP) is 6.03. The Morgan fingerprint density at radius 3 is 2.08 bits per heavy atom. The van der Waals surface area contributed by atoms with Crippen LogP contribution in [0.25, 0.3) is 5.69 Å². The van der Waals surface area contributed by atoms with E-state index >= 15 is 0 Å². The third kappa shape index (κ3) is 6.77. The normalized spacial score (nSPS) is 11.6. The molecule has 0 fully saturated rings. The highest BCUT2D eigenvalue weighted by atomic mass is 32.2. The molecule has 1 aromatic heterocycles. The zero-order valence-electron chi connectivity index (χ0n) is 20.0. The van der Waals surface area contributed by atoms with Crippen molar-refractivity contribution >= 4 is 46.7 Å². The molecule has 184 valence electrons. The second-order valence-electron chi connectivity index (χ2n) is 7.93. The lowest BCUT2D eigenvalue weighted by molar-refractivity contribution is -0.116. The molecule has 0 saturated heterocycles. The number of aromatic nitrogens is 3. The molecule has 0 saturated carbocycles. The highest BCUT2D eigenvalue weighted by Gasteiger charge is 2.23. The van der Waals surface area contributed by atoms with Gasteiger partial charge in [-0.05, 0) is 55.0 Å². The predicted molar refractivity (Wildman–Crippen MR) is 147 cm³/mol. The Kier molecular flexibility index (Phi) is 8.80. The summed E-state index contributed by atoms with van der Waals surface area (Å²) < 4.78 is 2.03. The van der Waals surface area contributed by atoms with Crippen LogP contribution in [0.4, 0.5) is 11.4 Å². The van der Waals surface area contributed by atoms with E-state index in [-0.39, 0.29) is 17.1 Å². The second-order valence-corrected chi connectivity index (χ2v) is 10.2. The highest BCUT2D eigenvalue weighted by Crippen LogP contribution is 2.31. The lowest BCUT2D eigenvalue weighted by Gasteiger charge is -2.16. The number of carbonyl (C=O) groups is 2. The molecular formula is C27H27N5O2S2. The van der Waals surface area contributed by atoms with Crippen LogP contribution >= 0.6 is 23.5 Å². The summed E-state index contributed by atoms with van der Waals surface area (Å²) in [5.41, 5.74) is 2.30. The van der Waals surface area contributed by atoms with Crippen LogP contribution in [0.3, 0.4) is 0 Å².